The SMILES string of the molecule is CCC(C)(N)c1noc(-c2ccc(Cl)cn2)n1. The minimum atomic E-state index is -0.589. The number of nitrogens with zero attached hydrogens (tertiary/aromatic N) is 3. The monoisotopic (exact) mass is 252 g/mol. The second-order valence-corrected chi connectivity index (χ2v) is 4.49. The maximum absolute atomic E-state index is 6.03. The van der Waals surface area contributed by atoms with Crippen molar-refractivity contribution in [2.75, 3.05) is 0 Å². The molecule has 0 aliphatic carbocycles. The van der Waals surface area contributed by atoms with E-state index < -0.39 is 5.54 Å². The van der Waals surface area contributed by atoms with Gasteiger partial charge in [0.2, 0.25) is 0 Å². The summed E-state index contributed by atoms with van der Waals surface area (Å²) in [4.78, 5) is 8.35. The van der Waals surface area contributed by atoms with Gasteiger partial charge in [-0.2, -0.15) is 4.98 Å². The topological polar surface area (TPSA) is 77.8 Å². The molecule has 0 saturated heterocycles. The Kier molecular flexibility index (Phi) is 3.13. The summed E-state index contributed by atoms with van der Waals surface area (Å²) in [5.41, 5.74) is 6.02. The molecule has 90 valence electrons. The summed E-state index contributed by atoms with van der Waals surface area (Å²) < 4.78 is 5.13. The second kappa shape index (κ2) is 4.43. The molecule has 2 heterocycles. The molecule has 0 radical (unpaired) electrons. The summed E-state index contributed by atoms with van der Waals surface area (Å²) in [5, 5.41) is 4.43. The first kappa shape index (κ1) is 12.0. The molecule has 0 aromatic carbocycles. The van der Waals surface area contributed by atoms with Crippen LogP contribution in [0.25, 0.3) is 11.6 Å². The summed E-state index contributed by atoms with van der Waals surface area (Å²) in [6.07, 6.45) is 2.25. The highest BCUT2D eigenvalue weighted by Gasteiger charge is 2.25. The van der Waals surface area contributed by atoms with Gasteiger partial charge in [-0.15, -0.1) is 0 Å². The first-order valence-corrected chi connectivity index (χ1v) is 5.65. The molecule has 1 atom stereocenters. The number of aromatic nitrogens is 3. The third-order valence-corrected chi connectivity index (χ3v) is 2.84. The number of hydrogen-bond donors (Lipinski definition) is 1. The Morgan fingerprint density at radius 1 is 1.47 bits per heavy atom. The average molecular weight is 253 g/mol. The van der Waals surface area contributed by atoms with Crippen LogP contribution in [-0.4, -0.2) is 15.1 Å². The van der Waals surface area contributed by atoms with Gasteiger partial charge in [-0.25, -0.2) is 4.98 Å². The second-order valence-electron chi connectivity index (χ2n) is 4.06. The van der Waals surface area contributed by atoms with Crippen LogP contribution in [0, 0.1) is 0 Å². The van der Waals surface area contributed by atoms with E-state index in [0.717, 1.165) is 6.42 Å². The molecule has 0 amide bonds. The first-order chi connectivity index (χ1) is 8.03. The smallest absolute Gasteiger partial charge is 0.276 e. The van der Waals surface area contributed by atoms with Gasteiger partial charge in [-0.05, 0) is 25.5 Å². The molecular formula is C11H13ClN4O. The van der Waals surface area contributed by atoms with Gasteiger partial charge in [0.1, 0.15) is 5.69 Å². The maximum atomic E-state index is 6.03. The van der Waals surface area contributed by atoms with E-state index in [-0.39, 0.29) is 0 Å². The molecule has 0 bridgehead atoms. The van der Waals surface area contributed by atoms with Crippen molar-refractivity contribution in [2.24, 2.45) is 5.73 Å². The molecule has 2 rings (SSSR count). The van der Waals surface area contributed by atoms with Crippen LogP contribution < -0.4 is 5.73 Å². The van der Waals surface area contributed by atoms with Gasteiger partial charge >= 0.3 is 0 Å². The molecule has 2 aromatic heterocycles. The van der Waals surface area contributed by atoms with Crippen LogP contribution in [-0.2, 0) is 5.54 Å². The molecule has 0 saturated carbocycles. The van der Waals surface area contributed by atoms with Crippen molar-refractivity contribution < 1.29 is 4.52 Å². The summed E-state index contributed by atoms with van der Waals surface area (Å²) in [6.45, 7) is 3.83. The van der Waals surface area contributed by atoms with E-state index in [0.29, 0.717) is 22.4 Å². The van der Waals surface area contributed by atoms with E-state index >= 15 is 0 Å². The third-order valence-electron chi connectivity index (χ3n) is 2.62. The Labute approximate surface area is 104 Å². The average Bonchev–Trinajstić information content (AvgIpc) is 2.80. The molecule has 0 aliphatic rings. The fraction of sp³-hybridized carbons (Fsp3) is 0.364. The molecule has 2 aromatic rings. The van der Waals surface area contributed by atoms with Crippen molar-refractivity contribution >= 4 is 11.6 Å². The van der Waals surface area contributed by atoms with E-state index in [1.54, 1.807) is 12.1 Å². The summed E-state index contributed by atoms with van der Waals surface area (Å²) >= 11 is 5.75. The van der Waals surface area contributed by atoms with Crippen LogP contribution in [0.3, 0.4) is 0 Å². The minimum Gasteiger partial charge on any atom is -0.332 e. The van der Waals surface area contributed by atoms with Crippen molar-refractivity contribution in [3.05, 3.63) is 29.2 Å². The number of nitrogens with two attached hydrogens (primary N) is 1. The maximum Gasteiger partial charge on any atom is 0.276 e. The van der Waals surface area contributed by atoms with Gasteiger partial charge in [0, 0.05) is 6.20 Å². The Morgan fingerprint density at radius 2 is 2.24 bits per heavy atom. The Morgan fingerprint density at radius 3 is 2.82 bits per heavy atom. The lowest BCUT2D eigenvalue weighted by atomic mass is 10.0. The molecule has 17 heavy (non-hydrogen) atoms. The van der Waals surface area contributed by atoms with Crippen LogP contribution in [0.1, 0.15) is 26.1 Å². The third kappa shape index (κ3) is 2.45. The largest absolute Gasteiger partial charge is 0.332 e. The zero-order valence-electron chi connectivity index (χ0n) is 9.64. The highest BCUT2D eigenvalue weighted by molar-refractivity contribution is 6.30. The summed E-state index contributed by atoms with van der Waals surface area (Å²) in [5.74, 6) is 0.827. The predicted octanol–water partition coefficient (Wildman–Crippen LogP) is 2.37. The molecule has 0 spiro atoms. The lowest BCUT2D eigenvalue weighted by Gasteiger charge is -2.16. The molecule has 0 aliphatic heterocycles. The van der Waals surface area contributed by atoms with Gasteiger partial charge in [0.15, 0.2) is 5.82 Å². The minimum absolute atomic E-state index is 0.349. The van der Waals surface area contributed by atoms with Crippen molar-refractivity contribution in [1.82, 2.24) is 15.1 Å². The highest BCUT2D eigenvalue weighted by Crippen LogP contribution is 2.22. The molecule has 5 nitrogen and oxygen atoms in total. The van der Waals surface area contributed by atoms with Gasteiger partial charge in [0.05, 0.1) is 10.6 Å². The quantitative estimate of drug-likeness (QED) is 0.907. The fourth-order valence-electron chi connectivity index (χ4n) is 1.22. The van der Waals surface area contributed by atoms with Gasteiger partial charge in [-0.1, -0.05) is 23.7 Å². The number of rotatable bonds is 3. The first-order valence-electron chi connectivity index (χ1n) is 5.28. The zero-order valence-corrected chi connectivity index (χ0v) is 10.4. The summed E-state index contributed by atoms with van der Waals surface area (Å²) in [6, 6.07) is 3.44. The van der Waals surface area contributed by atoms with E-state index in [4.69, 9.17) is 21.9 Å². The summed E-state index contributed by atoms with van der Waals surface area (Å²) in [7, 11) is 0. The van der Waals surface area contributed by atoms with Crippen LogP contribution in [0.2, 0.25) is 5.02 Å². The highest BCUT2D eigenvalue weighted by atomic mass is 35.5. The number of pyridine rings is 1. The van der Waals surface area contributed by atoms with E-state index in [2.05, 4.69) is 15.1 Å². The van der Waals surface area contributed by atoms with E-state index in [1.165, 1.54) is 6.20 Å². The Hall–Kier alpha value is -1.46. The Bertz CT molecular complexity index is 506. The zero-order chi connectivity index (χ0) is 12.5. The Balaban J connectivity index is 2.33. The van der Waals surface area contributed by atoms with Crippen LogP contribution >= 0.6 is 11.6 Å². The predicted molar refractivity (Wildman–Crippen MR) is 64.4 cm³/mol. The number of hydrogen-bond acceptors (Lipinski definition) is 5. The fourth-order valence-corrected chi connectivity index (χ4v) is 1.33. The van der Waals surface area contributed by atoms with E-state index in [1.807, 2.05) is 13.8 Å². The van der Waals surface area contributed by atoms with Gasteiger partial charge in [0.25, 0.3) is 5.89 Å². The van der Waals surface area contributed by atoms with Crippen molar-refractivity contribution in [3.63, 3.8) is 0 Å². The van der Waals surface area contributed by atoms with Crippen molar-refractivity contribution in [3.8, 4) is 11.6 Å². The standard InChI is InChI=1S/C11H13ClN4O/c1-3-11(2,13)10-15-9(17-16-10)8-5-4-7(12)6-14-8/h4-6H,3,13H2,1-2H3. The van der Waals surface area contributed by atoms with Gasteiger partial charge in [-0.3, -0.25) is 0 Å². The number of halogens is 1. The van der Waals surface area contributed by atoms with E-state index in [9.17, 15) is 0 Å². The molecule has 1 unspecified atom stereocenters. The molecular weight excluding hydrogens is 240 g/mol. The van der Waals surface area contributed by atoms with Gasteiger partial charge < -0.3 is 10.3 Å². The normalized spacial score (nSPS) is 14.6. The van der Waals surface area contributed by atoms with Crippen LogP contribution in [0.4, 0.5) is 0 Å². The van der Waals surface area contributed by atoms with Crippen molar-refractivity contribution in [2.45, 2.75) is 25.8 Å². The molecule has 2 N–H and O–H groups in total. The van der Waals surface area contributed by atoms with Crippen LogP contribution in [0.15, 0.2) is 22.9 Å². The van der Waals surface area contributed by atoms with Crippen molar-refractivity contribution in [1.29, 1.82) is 0 Å². The lowest BCUT2D eigenvalue weighted by molar-refractivity contribution is 0.378. The molecule has 0 fully saturated rings. The lowest BCUT2D eigenvalue weighted by Crippen LogP contribution is -2.33. The van der Waals surface area contributed by atoms with Crippen LogP contribution in [0.5, 0.6) is 0 Å². The molecule has 6 heteroatoms.